The van der Waals surface area contributed by atoms with E-state index in [1.165, 1.54) is 6.92 Å². The first-order valence-corrected chi connectivity index (χ1v) is 8.04. The van der Waals surface area contributed by atoms with Gasteiger partial charge in [0.1, 0.15) is 0 Å². The lowest BCUT2D eigenvalue weighted by Crippen LogP contribution is -2.36. The van der Waals surface area contributed by atoms with Crippen LogP contribution < -0.4 is 5.32 Å². The van der Waals surface area contributed by atoms with Gasteiger partial charge >= 0.3 is 0 Å². The molecule has 0 aliphatic carbocycles. The SMILES string of the molecule is CC(=O)NCC1COCCOCCOCCOCCOCCO1. The number of ether oxygens (including phenoxy) is 6. The minimum Gasteiger partial charge on any atom is -0.377 e. The largest absolute Gasteiger partial charge is 0.377 e. The molecule has 8 nitrogen and oxygen atoms in total. The molecular formula is C15H29NO7. The predicted octanol–water partition coefficient (Wildman–Crippen LogP) is -0.396. The van der Waals surface area contributed by atoms with E-state index in [0.717, 1.165) is 0 Å². The van der Waals surface area contributed by atoms with Crippen molar-refractivity contribution in [1.82, 2.24) is 5.32 Å². The van der Waals surface area contributed by atoms with Gasteiger partial charge in [0, 0.05) is 13.5 Å². The summed E-state index contributed by atoms with van der Waals surface area (Å²) in [5.41, 5.74) is 0. The maximum absolute atomic E-state index is 11.0. The highest BCUT2D eigenvalue weighted by molar-refractivity contribution is 5.72. The monoisotopic (exact) mass is 335 g/mol. The average Bonchev–Trinajstić information content (AvgIpc) is 2.53. The van der Waals surface area contributed by atoms with Crippen molar-refractivity contribution in [3.8, 4) is 0 Å². The summed E-state index contributed by atoms with van der Waals surface area (Å²) in [6.45, 7) is 7.35. The summed E-state index contributed by atoms with van der Waals surface area (Å²) >= 11 is 0. The first-order valence-electron chi connectivity index (χ1n) is 8.04. The van der Waals surface area contributed by atoms with E-state index in [1.807, 2.05) is 0 Å². The van der Waals surface area contributed by atoms with E-state index in [-0.39, 0.29) is 12.0 Å². The van der Waals surface area contributed by atoms with E-state index in [4.69, 9.17) is 28.4 Å². The molecule has 0 aromatic rings. The van der Waals surface area contributed by atoms with Crippen molar-refractivity contribution in [2.75, 3.05) is 79.2 Å². The van der Waals surface area contributed by atoms with E-state index < -0.39 is 0 Å². The maximum Gasteiger partial charge on any atom is 0.216 e. The molecule has 1 heterocycles. The average molecular weight is 335 g/mol. The van der Waals surface area contributed by atoms with Crippen LogP contribution in [0.4, 0.5) is 0 Å². The van der Waals surface area contributed by atoms with Gasteiger partial charge in [0.05, 0.1) is 78.8 Å². The van der Waals surface area contributed by atoms with Crippen molar-refractivity contribution in [3.63, 3.8) is 0 Å². The first-order chi connectivity index (χ1) is 11.3. The van der Waals surface area contributed by atoms with Gasteiger partial charge in [0.25, 0.3) is 0 Å². The Bertz CT molecular complexity index is 273. The number of rotatable bonds is 2. The van der Waals surface area contributed by atoms with Crippen LogP contribution in [0.3, 0.4) is 0 Å². The highest BCUT2D eigenvalue weighted by atomic mass is 16.6. The van der Waals surface area contributed by atoms with Crippen LogP contribution in [0.2, 0.25) is 0 Å². The number of hydrogen-bond acceptors (Lipinski definition) is 7. The van der Waals surface area contributed by atoms with E-state index in [1.54, 1.807) is 0 Å². The van der Waals surface area contributed by atoms with Gasteiger partial charge in [0.15, 0.2) is 0 Å². The number of carbonyl (C=O) groups excluding carboxylic acids is 1. The summed E-state index contributed by atoms with van der Waals surface area (Å²) in [4.78, 5) is 11.0. The van der Waals surface area contributed by atoms with E-state index in [2.05, 4.69) is 5.32 Å². The summed E-state index contributed by atoms with van der Waals surface area (Å²) in [6, 6.07) is 0. The molecule has 23 heavy (non-hydrogen) atoms. The third-order valence-electron chi connectivity index (χ3n) is 2.95. The Balaban J connectivity index is 2.25. The lowest BCUT2D eigenvalue weighted by Gasteiger charge is -2.18. The van der Waals surface area contributed by atoms with Crippen LogP contribution >= 0.6 is 0 Å². The minimum absolute atomic E-state index is 0.0928. The third-order valence-corrected chi connectivity index (χ3v) is 2.95. The number of amides is 1. The van der Waals surface area contributed by atoms with Gasteiger partial charge in [-0.3, -0.25) is 4.79 Å². The molecule has 1 saturated heterocycles. The standard InChI is InChI=1S/C15H29NO7/c1-14(17)16-12-15-13-22-9-8-20-5-4-18-2-3-19-6-7-21-10-11-23-15/h15H,2-13H2,1H3,(H,16,17). The normalized spacial score (nSPS) is 24.3. The summed E-state index contributed by atoms with van der Waals surface area (Å²) in [5, 5.41) is 2.73. The zero-order valence-electron chi connectivity index (χ0n) is 13.9. The molecule has 0 bridgehead atoms. The van der Waals surface area contributed by atoms with Crippen molar-refractivity contribution < 1.29 is 33.2 Å². The summed E-state index contributed by atoms with van der Waals surface area (Å²) in [6.07, 6.45) is -0.207. The fraction of sp³-hybridized carbons (Fsp3) is 0.933. The predicted molar refractivity (Wildman–Crippen MR) is 82.5 cm³/mol. The molecule has 1 rings (SSSR count). The lowest BCUT2D eigenvalue weighted by atomic mass is 10.3. The molecule has 0 saturated carbocycles. The van der Waals surface area contributed by atoms with Crippen LogP contribution in [0.1, 0.15) is 6.92 Å². The summed E-state index contributed by atoms with van der Waals surface area (Å²) in [5.74, 6) is -0.0928. The van der Waals surface area contributed by atoms with Gasteiger partial charge in [-0.1, -0.05) is 0 Å². The zero-order valence-corrected chi connectivity index (χ0v) is 13.9. The molecule has 0 aromatic heterocycles. The lowest BCUT2D eigenvalue weighted by molar-refractivity contribution is -0.120. The number of nitrogens with one attached hydrogen (secondary N) is 1. The fourth-order valence-electron chi connectivity index (χ4n) is 1.79. The zero-order chi connectivity index (χ0) is 16.6. The maximum atomic E-state index is 11.0. The Morgan fingerprint density at radius 3 is 1.70 bits per heavy atom. The Morgan fingerprint density at radius 1 is 0.783 bits per heavy atom. The van der Waals surface area contributed by atoms with Gasteiger partial charge in [-0.15, -0.1) is 0 Å². The van der Waals surface area contributed by atoms with Crippen molar-refractivity contribution in [2.24, 2.45) is 0 Å². The molecule has 8 heteroatoms. The van der Waals surface area contributed by atoms with Crippen molar-refractivity contribution in [2.45, 2.75) is 13.0 Å². The highest BCUT2D eigenvalue weighted by Gasteiger charge is 2.10. The summed E-state index contributed by atoms with van der Waals surface area (Å²) < 4.78 is 32.7. The van der Waals surface area contributed by atoms with Crippen LogP contribution in [0.15, 0.2) is 0 Å². The Kier molecular flexibility index (Phi) is 13.0. The Hall–Kier alpha value is -0.770. The molecular weight excluding hydrogens is 306 g/mol. The first kappa shape index (κ1) is 20.3. The van der Waals surface area contributed by atoms with Gasteiger partial charge in [-0.2, -0.15) is 0 Å². The van der Waals surface area contributed by atoms with Crippen LogP contribution in [-0.4, -0.2) is 91.2 Å². The fourth-order valence-corrected chi connectivity index (χ4v) is 1.79. The van der Waals surface area contributed by atoms with E-state index in [0.29, 0.717) is 79.2 Å². The second-order valence-electron chi connectivity index (χ2n) is 4.95. The summed E-state index contributed by atoms with van der Waals surface area (Å²) in [7, 11) is 0. The minimum atomic E-state index is -0.207. The molecule has 1 unspecified atom stereocenters. The van der Waals surface area contributed by atoms with Gasteiger partial charge in [0.2, 0.25) is 5.91 Å². The van der Waals surface area contributed by atoms with Crippen LogP contribution in [-0.2, 0) is 33.2 Å². The molecule has 1 N–H and O–H groups in total. The molecule has 1 aliphatic rings. The van der Waals surface area contributed by atoms with Crippen molar-refractivity contribution in [3.05, 3.63) is 0 Å². The molecule has 1 aliphatic heterocycles. The quantitative estimate of drug-likeness (QED) is 0.735. The highest BCUT2D eigenvalue weighted by Crippen LogP contribution is 1.95. The van der Waals surface area contributed by atoms with Crippen molar-refractivity contribution in [1.29, 1.82) is 0 Å². The molecule has 1 atom stereocenters. The van der Waals surface area contributed by atoms with E-state index >= 15 is 0 Å². The molecule has 136 valence electrons. The van der Waals surface area contributed by atoms with Gasteiger partial charge in [-0.05, 0) is 0 Å². The van der Waals surface area contributed by atoms with E-state index in [9.17, 15) is 4.79 Å². The van der Waals surface area contributed by atoms with Gasteiger partial charge in [-0.25, -0.2) is 0 Å². The topological polar surface area (TPSA) is 84.5 Å². The Morgan fingerprint density at radius 2 is 1.22 bits per heavy atom. The smallest absolute Gasteiger partial charge is 0.216 e. The molecule has 0 aromatic carbocycles. The number of carbonyl (C=O) groups is 1. The van der Waals surface area contributed by atoms with Crippen molar-refractivity contribution >= 4 is 5.91 Å². The van der Waals surface area contributed by atoms with Crippen LogP contribution in [0.25, 0.3) is 0 Å². The third kappa shape index (κ3) is 13.4. The van der Waals surface area contributed by atoms with Gasteiger partial charge < -0.3 is 33.7 Å². The molecule has 1 amide bonds. The van der Waals surface area contributed by atoms with Crippen LogP contribution in [0, 0.1) is 0 Å². The molecule has 0 radical (unpaired) electrons. The Labute approximate surface area is 137 Å². The van der Waals surface area contributed by atoms with Crippen LogP contribution in [0.5, 0.6) is 0 Å². The number of hydrogen-bond donors (Lipinski definition) is 1. The molecule has 0 spiro atoms. The molecule has 1 fully saturated rings. The second-order valence-corrected chi connectivity index (χ2v) is 4.95. The second kappa shape index (κ2) is 14.8.